The van der Waals surface area contributed by atoms with Gasteiger partial charge in [0.05, 0.1) is 25.9 Å². The van der Waals surface area contributed by atoms with E-state index in [0.717, 1.165) is 5.56 Å². The number of hydrazine groups is 1. The number of aliphatic hydroxyl groups is 1. The first-order valence-electron chi connectivity index (χ1n) is 13.0. The van der Waals surface area contributed by atoms with Gasteiger partial charge in [0, 0.05) is 20.1 Å². The van der Waals surface area contributed by atoms with E-state index in [4.69, 9.17) is 9.15 Å². The van der Waals surface area contributed by atoms with Crippen molar-refractivity contribution in [3.05, 3.63) is 72.7 Å². The molecule has 1 aromatic carbocycles. The zero-order valence-electron chi connectivity index (χ0n) is 22.1. The molecular weight excluding hydrogens is 504 g/mol. The highest BCUT2D eigenvalue weighted by Gasteiger charge is 2.50. The summed E-state index contributed by atoms with van der Waals surface area (Å²) in [5.41, 5.74) is 0.999. The Morgan fingerprint density at radius 1 is 1.26 bits per heavy atom. The van der Waals surface area contributed by atoms with Gasteiger partial charge in [-0.3, -0.25) is 14.9 Å². The molecule has 0 bridgehead atoms. The fourth-order valence-corrected chi connectivity index (χ4v) is 4.97. The molecule has 4 rings (SSSR count). The highest BCUT2D eigenvalue weighted by Crippen LogP contribution is 2.29. The van der Waals surface area contributed by atoms with Crippen molar-refractivity contribution in [2.75, 3.05) is 33.3 Å². The highest BCUT2D eigenvalue weighted by atomic mass is 16.5. The molecule has 3 amide bonds. The number of fused-ring (bicyclic) bond motifs is 1. The second-order valence-electron chi connectivity index (χ2n) is 9.49. The number of benzene rings is 1. The number of nitrogens with zero attached hydrogens (tertiary/aromatic N) is 4. The average Bonchev–Trinajstić information content (AvgIpc) is 3.44. The van der Waals surface area contributed by atoms with Gasteiger partial charge in [-0.05, 0) is 30.5 Å². The fraction of sp³-hybridized carbons (Fsp3) is 0.444. The zero-order valence-corrected chi connectivity index (χ0v) is 22.1. The number of furan rings is 1. The van der Waals surface area contributed by atoms with Gasteiger partial charge in [-0.2, -0.15) is 5.01 Å². The molecule has 2 aromatic rings. The van der Waals surface area contributed by atoms with Crippen LogP contribution in [0.3, 0.4) is 0 Å². The maximum atomic E-state index is 13.6. The van der Waals surface area contributed by atoms with Crippen molar-refractivity contribution in [2.45, 2.75) is 44.5 Å². The minimum Gasteiger partial charge on any atom is -0.467 e. The van der Waals surface area contributed by atoms with E-state index in [2.05, 4.69) is 17.2 Å². The van der Waals surface area contributed by atoms with Crippen LogP contribution in [0.25, 0.3) is 0 Å². The molecule has 0 saturated carbocycles. The topological polar surface area (TPSA) is 131 Å². The smallest absolute Gasteiger partial charge is 0.407 e. The van der Waals surface area contributed by atoms with Crippen LogP contribution < -0.4 is 10.6 Å². The molecule has 1 unspecified atom stereocenters. The molecule has 2 saturated heterocycles. The molecule has 1 aromatic heterocycles. The Morgan fingerprint density at radius 2 is 2.05 bits per heavy atom. The molecule has 2 fully saturated rings. The van der Waals surface area contributed by atoms with Gasteiger partial charge in [-0.1, -0.05) is 43.0 Å². The molecule has 39 heavy (non-hydrogen) atoms. The highest BCUT2D eigenvalue weighted by molar-refractivity contribution is 5.90. The Balaban J connectivity index is 1.51. The lowest BCUT2D eigenvalue weighted by atomic mass is 10.0. The Hall–Kier alpha value is -3.71. The van der Waals surface area contributed by atoms with E-state index in [-0.39, 0.29) is 44.6 Å². The van der Waals surface area contributed by atoms with Crippen LogP contribution in [0, 0.1) is 0 Å². The van der Waals surface area contributed by atoms with E-state index >= 15 is 0 Å². The Kier molecular flexibility index (Phi) is 9.71. The van der Waals surface area contributed by atoms with E-state index in [1.807, 2.05) is 30.3 Å². The van der Waals surface area contributed by atoms with Crippen LogP contribution in [-0.4, -0.2) is 94.7 Å². The Labute approximate surface area is 227 Å². The standard InChI is InChI=1S/C27H36N6O6/c1-3-14-39-27(37)28-13-7-12-22-25(35)31(17-21-11-8-15-38-21)18-23-32(22)24(34)19-30(2)33(23)26(36)29-16-20-9-5-4-6-10-20/h3-6,8-11,15,22-23,26,29,36H,1,7,12-14,16-19H2,2H3,(H,28,37)/t22-,23-,26?/m0/s1. The third kappa shape index (κ3) is 7.03. The van der Waals surface area contributed by atoms with Crippen molar-refractivity contribution in [3.63, 3.8) is 0 Å². The third-order valence-electron chi connectivity index (χ3n) is 6.75. The summed E-state index contributed by atoms with van der Waals surface area (Å²) < 4.78 is 10.4. The normalized spacial score (nSPS) is 21.0. The molecular formula is C27H36N6O6. The molecule has 0 aliphatic carbocycles. The summed E-state index contributed by atoms with van der Waals surface area (Å²) in [6.07, 6.45) is 1.48. The summed E-state index contributed by atoms with van der Waals surface area (Å²) in [6, 6.07) is 12.5. The van der Waals surface area contributed by atoms with Crippen LogP contribution in [0.1, 0.15) is 24.2 Å². The number of rotatable bonds is 12. The van der Waals surface area contributed by atoms with Gasteiger partial charge in [0.1, 0.15) is 24.6 Å². The molecule has 210 valence electrons. The van der Waals surface area contributed by atoms with Gasteiger partial charge in [0.2, 0.25) is 11.8 Å². The second-order valence-corrected chi connectivity index (χ2v) is 9.49. The first-order chi connectivity index (χ1) is 18.9. The molecule has 2 aliphatic heterocycles. The molecule has 0 radical (unpaired) electrons. The van der Waals surface area contributed by atoms with Crippen molar-refractivity contribution in [2.24, 2.45) is 0 Å². The quantitative estimate of drug-likeness (QED) is 0.206. The van der Waals surface area contributed by atoms with Crippen LogP contribution in [0.5, 0.6) is 0 Å². The maximum absolute atomic E-state index is 13.6. The van der Waals surface area contributed by atoms with E-state index < -0.39 is 24.7 Å². The summed E-state index contributed by atoms with van der Waals surface area (Å²) >= 11 is 0. The van der Waals surface area contributed by atoms with Crippen LogP contribution in [-0.2, 0) is 27.4 Å². The van der Waals surface area contributed by atoms with Crippen LogP contribution in [0.2, 0.25) is 0 Å². The Morgan fingerprint density at radius 3 is 2.77 bits per heavy atom. The van der Waals surface area contributed by atoms with Crippen molar-refractivity contribution < 1.29 is 28.6 Å². The minimum absolute atomic E-state index is 0.00860. The Bertz CT molecular complexity index is 1110. The zero-order chi connectivity index (χ0) is 27.8. The number of carbonyl (C=O) groups excluding carboxylic acids is 3. The average molecular weight is 541 g/mol. The largest absolute Gasteiger partial charge is 0.467 e. The molecule has 3 heterocycles. The third-order valence-corrected chi connectivity index (χ3v) is 6.75. The number of ether oxygens (including phenoxy) is 1. The molecule has 12 nitrogen and oxygen atoms in total. The number of aliphatic hydroxyl groups excluding tert-OH is 1. The number of carbonyl (C=O) groups is 3. The summed E-state index contributed by atoms with van der Waals surface area (Å²) in [7, 11) is 1.74. The van der Waals surface area contributed by atoms with E-state index in [1.165, 1.54) is 6.08 Å². The van der Waals surface area contributed by atoms with Crippen LogP contribution in [0.4, 0.5) is 4.79 Å². The number of hydrogen-bond donors (Lipinski definition) is 3. The summed E-state index contributed by atoms with van der Waals surface area (Å²) in [5, 5.41) is 20.4. The summed E-state index contributed by atoms with van der Waals surface area (Å²) in [4.78, 5) is 41.9. The van der Waals surface area contributed by atoms with E-state index in [9.17, 15) is 19.5 Å². The minimum atomic E-state index is -1.11. The molecule has 3 N–H and O–H groups in total. The number of nitrogens with one attached hydrogen (secondary N) is 2. The monoisotopic (exact) mass is 540 g/mol. The molecule has 12 heteroatoms. The molecule has 3 atom stereocenters. The number of alkyl carbamates (subject to hydrolysis) is 1. The van der Waals surface area contributed by atoms with Crippen molar-refractivity contribution >= 4 is 17.9 Å². The van der Waals surface area contributed by atoms with Gasteiger partial charge in [0.15, 0.2) is 6.35 Å². The molecule has 2 aliphatic rings. The van der Waals surface area contributed by atoms with Gasteiger partial charge >= 0.3 is 6.09 Å². The number of piperazine rings is 1. The SMILES string of the molecule is C=CCOC(=O)NCCC[C@H]1C(=O)N(Cc2ccco2)C[C@H]2N1C(=O)CN(C)N2C(O)NCc1ccccc1. The van der Waals surface area contributed by atoms with Crippen LogP contribution >= 0.6 is 0 Å². The van der Waals surface area contributed by atoms with Crippen molar-refractivity contribution in [3.8, 4) is 0 Å². The lowest BCUT2D eigenvalue weighted by molar-refractivity contribution is -0.241. The van der Waals surface area contributed by atoms with Gasteiger partial charge < -0.3 is 29.4 Å². The number of hydrogen-bond acceptors (Lipinski definition) is 9. The van der Waals surface area contributed by atoms with Gasteiger partial charge in [0.25, 0.3) is 0 Å². The second kappa shape index (κ2) is 13.4. The number of amides is 3. The number of likely N-dealkylation sites (N-methyl/N-ethyl adjacent to an activating group) is 1. The first-order valence-corrected chi connectivity index (χ1v) is 13.0. The fourth-order valence-electron chi connectivity index (χ4n) is 4.97. The molecule has 0 spiro atoms. The lowest BCUT2D eigenvalue weighted by Crippen LogP contribution is -2.76. The van der Waals surface area contributed by atoms with Gasteiger partial charge in [-0.15, -0.1) is 0 Å². The summed E-state index contributed by atoms with van der Waals surface area (Å²) in [6.45, 7) is 4.72. The van der Waals surface area contributed by atoms with Gasteiger partial charge in [-0.25, -0.2) is 9.80 Å². The summed E-state index contributed by atoms with van der Waals surface area (Å²) in [5.74, 6) is 0.205. The predicted octanol–water partition coefficient (Wildman–Crippen LogP) is 1.07. The van der Waals surface area contributed by atoms with Crippen molar-refractivity contribution in [1.82, 2.24) is 30.5 Å². The van der Waals surface area contributed by atoms with E-state index in [0.29, 0.717) is 25.1 Å². The van der Waals surface area contributed by atoms with Crippen LogP contribution in [0.15, 0.2) is 65.8 Å². The van der Waals surface area contributed by atoms with Crippen molar-refractivity contribution in [1.29, 1.82) is 0 Å². The van der Waals surface area contributed by atoms with E-state index in [1.54, 1.807) is 45.3 Å². The predicted molar refractivity (Wildman–Crippen MR) is 141 cm³/mol. The maximum Gasteiger partial charge on any atom is 0.407 e. The first kappa shape index (κ1) is 28.3. The lowest BCUT2D eigenvalue weighted by Gasteiger charge is -2.55.